The first-order valence-corrected chi connectivity index (χ1v) is 6.96. The Labute approximate surface area is 129 Å². The second-order valence-corrected chi connectivity index (χ2v) is 5.44. The maximum absolute atomic E-state index is 11.7. The Morgan fingerprint density at radius 2 is 1.95 bits per heavy atom. The van der Waals surface area contributed by atoms with Crippen LogP contribution in [0.5, 0.6) is 0 Å². The van der Waals surface area contributed by atoms with E-state index < -0.39 is 23.7 Å². The summed E-state index contributed by atoms with van der Waals surface area (Å²) in [7, 11) is 0. The zero-order valence-electron chi connectivity index (χ0n) is 12.5. The summed E-state index contributed by atoms with van der Waals surface area (Å²) in [6.07, 6.45) is 0.0717. The van der Waals surface area contributed by atoms with Crippen LogP contribution in [0.25, 0.3) is 0 Å². The molecular weight excluding hydrogens is 300 g/mol. The Balaban J connectivity index is 4.49. The van der Waals surface area contributed by atoms with Gasteiger partial charge in [0.2, 0.25) is 0 Å². The first kappa shape index (κ1) is 19.3. The quantitative estimate of drug-likeness (QED) is 0.208. The maximum Gasteiger partial charge on any atom is 0.408 e. The molecule has 0 saturated heterocycles. The van der Waals surface area contributed by atoms with E-state index in [0.29, 0.717) is 19.4 Å². The van der Waals surface area contributed by atoms with Crippen LogP contribution in [0.15, 0.2) is 4.99 Å². The third-order valence-electron chi connectivity index (χ3n) is 2.12. The van der Waals surface area contributed by atoms with E-state index in [4.69, 9.17) is 27.8 Å². The minimum atomic E-state index is -0.868. The first-order valence-electron chi connectivity index (χ1n) is 6.43. The third-order valence-corrected chi connectivity index (χ3v) is 2.23. The maximum atomic E-state index is 11.7. The van der Waals surface area contributed by atoms with Gasteiger partial charge in [-0.3, -0.25) is 4.99 Å². The fourth-order valence-electron chi connectivity index (χ4n) is 1.36. The number of esters is 1. The number of nitrogens with two attached hydrogens (primary N) is 2. The average molecular weight is 323 g/mol. The first-order chi connectivity index (χ1) is 9.65. The normalized spacial score (nSPS) is 12.2. The number of rotatable bonds is 7. The van der Waals surface area contributed by atoms with Crippen LogP contribution in [0.1, 0.15) is 33.6 Å². The molecule has 5 N–H and O–H groups in total. The van der Waals surface area contributed by atoms with E-state index in [-0.39, 0.29) is 12.0 Å². The zero-order chi connectivity index (χ0) is 16.5. The Morgan fingerprint density at radius 1 is 1.33 bits per heavy atom. The van der Waals surface area contributed by atoms with E-state index >= 15 is 0 Å². The largest absolute Gasteiger partial charge is 0.448 e. The van der Waals surface area contributed by atoms with Gasteiger partial charge < -0.3 is 26.3 Å². The number of amides is 1. The van der Waals surface area contributed by atoms with Crippen LogP contribution in [0, 0.1) is 0 Å². The van der Waals surface area contributed by atoms with Crippen molar-refractivity contribution >= 4 is 29.6 Å². The molecule has 0 saturated carbocycles. The number of guanidine groups is 1. The summed E-state index contributed by atoms with van der Waals surface area (Å²) >= 11 is 5.34. The smallest absolute Gasteiger partial charge is 0.408 e. The number of nitrogens with zero attached hydrogens (tertiary/aromatic N) is 1. The van der Waals surface area contributed by atoms with Crippen LogP contribution in [0.2, 0.25) is 0 Å². The predicted molar refractivity (Wildman–Crippen MR) is 79.9 cm³/mol. The van der Waals surface area contributed by atoms with Crippen molar-refractivity contribution in [3.05, 3.63) is 0 Å². The number of aliphatic imine (C=N–C) groups is 1. The molecule has 9 heteroatoms. The molecule has 0 aromatic rings. The molecule has 0 spiro atoms. The molecule has 1 unspecified atom stereocenters. The summed E-state index contributed by atoms with van der Waals surface area (Å²) in [6, 6.07) is -1.16. The lowest BCUT2D eigenvalue weighted by Crippen LogP contribution is -2.44. The Morgan fingerprint density at radius 3 is 2.43 bits per heavy atom. The van der Waals surface area contributed by atoms with E-state index in [0.717, 1.165) is 0 Å². The van der Waals surface area contributed by atoms with Gasteiger partial charge in [-0.25, -0.2) is 9.59 Å². The molecule has 0 radical (unpaired) electrons. The molecule has 122 valence electrons. The van der Waals surface area contributed by atoms with Crippen molar-refractivity contribution in [3.63, 3.8) is 0 Å². The summed E-state index contributed by atoms with van der Waals surface area (Å²) in [5, 5.41) is 2.44. The van der Waals surface area contributed by atoms with Gasteiger partial charge in [-0.15, -0.1) is 0 Å². The summed E-state index contributed by atoms with van der Waals surface area (Å²) in [4.78, 5) is 27.2. The molecule has 0 aliphatic carbocycles. The van der Waals surface area contributed by atoms with Crippen molar-refractivity contribution in [2.24, 2.45) is 16.5 Å². The fraction of sp³-hybridized carbons (Fsp3) is 0.750. The van der Waals surface area contributed by atoms with Gasteiger partial charge in [0.05, 0.1) is 0 Å². The van der Waals surface area contributed by atoms with Gasteiger partial charge in [-0.2, -0.15) is 0 Å². The molecule has 0 aliphatic heterocycles. The van der Waals surface area contributed by atoms with Crippen molar-refractivity contribution < 1.29 is 19.1 Å². The van der Waals surface area contributed by atoms with Crippen LogP contribution in [0.4, 0.5) is 4.79 Å². The van der Waals surface area contributed by atoms with Gasteiger partial charge in [0, 0.05) is 6.54 Å². The molecule has 0 heterocycles. The number of halogens is 1. The number of alkyl carbamates (subject to hydrolysis) is 1. The summed E-state index contributed by atoms with van der Waals surface area (Å²) < 4.78 is 9.77. The van der Waals surface area contributed by atoms with Gasteiger partial charge >= 0.3 is 12.1 Å². The Kier molecular flexibility index (Phi) is 8.52. The second-order valence-electron chi connectivity index (χ2n) is 5.22. The molecule has 0 aliphatic rings. The number of hydrogen-bond donors (Lipinski definition) is 3. The van der Waals surface area contributed by atoms with Crippen molar-refractivity contribution in [2.45, 2.75) is 45.3 Å². The van der Waals surface area contributed by atoms with E-state index in [1.807, 2.05) is 0 Å². The van der Waals surface area contributed by atoms with Gasteiger partial charge in [0.25, 0.3) is 0 Å². The fourth-order valence-corrected chi connectivity index (χ4v) is 1.46. The van der Waals surface area contributed by atoms with Crippen LogP contribution in [0.3, 0.4) is 0 Å². The minimum Gasteiger partial charge on any atom is -0.448 e. The number of nitrogens with one attached hydrogen (secondary N) is 1. The molecule has 0 rings (SSSR count). The SMILES string of the molecule is CC(C)(C)OC(=O)NC(CCCN=C(N)N)C(=O)OCCl. The standard InChI is InChI=1S/C12H23ClN4O4/c1-12(2,3)21-11(19)17-8(9(18)20-7-13)5-4-6-16-10(14)15/h8H,4-7H2,1-3H3,(H,17,19)(H4,14,15,16). The molecular formula is C12H23ClN4O4. The van der Waals surface area contributed by atoms with Gasteiger partial charge in [-0.1, -0.05) is 11.6 Å². The lowest BCUT2D eigenvalue weighted by atomic mass is 10.1. The van der Waals surface area contributed by atoms with E-state index in [9.17, 15) is 9.59 Å². The number of carbonyl (C=O) groups excluding carboxylic acids is 2. The number of ether oxygens (including phenoxy) is 2. The molecule has 0 aromatic carbocycles. The van der Waals surface area contributed by atoms with E-state index in [1.165, 1.54) is 0 Å². The molecule has 0 aromatic heterocycles. The number of carbonyl (C=O) groups is 2. The highest BCUT2D eigenvalue weighted by Gasteiger charge is 2.25. The predicted octanol–water partition coefficient (Wildman–Crippen LogP) is 0.673. The lowest BCUT2D eigenvalue weighted by Gasteiger charge is -2.22. The highest BCUT2D eigenvalue weighted by atomic mass is 35.5. The summed E-state index contributed by atoms with van der Waals surface area (Å²) in [5.74, 6) is -0.671. The molecule has 1 atom stereocenters. The summed E-state index contributed by atoms with van der Waals surface area (Å²) in [6.45, 7) is 5.50. The zero-order valence-corrected chi connectivity index (χ0v) is 13.3. The second kappa shape index (κ2) is 9.28. The number of alkyl halides is 1. The van der Waals surface area contributed by atoms with Crippen molar-refractivity contribution in [2.75, 3.05) is 12.6 Å². The monoisotopic (exact) mass is 322 g/mol. The van der Waals surface area contributed by atoms with Crippen LogP contribution >= 0.6 is 11.6 Å². The topological polar surface area (TPSA) is 129 Å². The highest BCUT2D eigenvalue weighted by molar-refractivity contribution is 6.17. The van der Waals surface area contributed by atoms with E-state index in [2.05, 4.69) is 15.0 Å². The molecule has 21 heavy (non-hydrogen) atoms. The van der Waals surface area contributed by atoms with Crippen LogP contribution in [-0.2, 0) is 14.3 Å². The van der Waals surface area contributed by atoms with Crippen LogP contribution < -0.4 is 16.8 Å². The average Bonchev–Trinajstić information content (AvgIpc) is 2.30. The molecule has 0 fully saturated rings. The van der Waals surface area contributed by atoms with Crippen molar-refractivity contribution in [3.8, 4) is 0 Å². The Bertz CT molecular complexity index is 378. The van der Waals surface area contributed by atoms with Crippen molar-refractivity contribution in [1.82, 2.24) is 5.32 Å². The van der Waals surface area contributed by atoms with E-state index in [1.54, 1.807) is 20.8 Å². The summed E-state index contributed by atoms with van der Waals surface area (Å²) in [5.41, 5.74) is 9.73. The van der Waals surface area contributed by atoms with Gasteiger partial charge in [-0.05, 0) is 33.6 Å². The minimum absolute atomic E-state index is 0.0324. The highest BCUT2D eigenvalue weighted by Crippen LogP contribution is 2.08. The van der Waals surface area contributed by atoms with Crippen LogP contribution in [-0.4, -0.2) is 42.3 Å². The van der Waals surface area contributed by atoms with Gasteiger partial charge in [0.15, 0.2) is 12.0 Å². The number of hydrogen-bond acceptors (Lipinski definition) is 5. The lowest BCUT2D eigenvalue weighted by molar-refractivity contribution is -0.144. The van der Waals surface area contributed by atoms with Crippen molar-refractivity contribution in [1.29, 1.82) is 0 Å². The molecule has 1 amide bonds. The molecule has 8 nitrogen and oxygen atoms in total. The third kappa shape index (κ3) is 10.7. The van der Waals surface area contributed by atoms with Gasteiger partial charge in [0.1, 0.15) is 11.6 Å². The molecule has 0 bridgehead atoms. The Hall–Kier alpha value is -1.70.